The number of benzene rings is 3. The highest BCUT2D eigenvalue weighted by atomic mass is 16.5. The summed E-state index contributed by atoms with van der Waals surface area (Å²) in [7, 11) is 5.05. The summed E-state index contributed by atoms with van der Waals surface area (Å²) in [5.74, 6) is 3.88. The maximum atomic E-state index is 5.61. The number of hydrazone groups is 2. The zero-order valence-corrected chi connectivity index (χ0v) is 25.5. The fraction of sp³-hybridized carbons (Fsp3) is 0.294. The lowest BCUT2D eigenvalue weighted by atomic mass is 9.89. The molecular formula is C34H37N7O3. The van der Waals surface area contributed by atoms with E-state index in [-0.39, 0.29) is 0 Å². The van der Waals surface area contributed by atoms with Crippen LogP contribution in [0.25, 0.3) is 0 Å². The third-order valence-corrected chi connectivity index (χ3v) is 7.95. The van der Waals surface area contributed by atoms with Crippen LogP contribution < -0.4 is 30.4 Å². The number of rotatable bonds is 9. The SMILES string of the molecule is COc1ccc(C)cc1Nc1nc(NN=C2CCCc3c(OC)cccc32)cc(NN=C2CCCc3c(OC)cccc32)n1. The van der Waals surface area contributed by atoms with E-state index in [4.69, 9.17) is 34.4 Å². The van der Waals surface area contributed by atoms with Crippen molar-refractivity contribution in [3.8, 4) is 17.2 Å². The molecule has 2 aliphatic carbocycles. The first-order valence-corrected chi connectivity index (χ1v) is 14.8. The third-order valence-electron chi connectivity index (χ3n) is 7.95. The quantitative estimate of drug-likeness (QED) is 0.181. The molecule has 10 nitrogen and oxygen atoms in total. The van der Waals surface area contributed by atoms with Crippen molar-refractivity contribution in [3.63, 3.8) is 0 Å². The highest BCUT2D eigenvalue weighted by molar-refractivity contribution is 6.04. The maximum Gasteiger partial charge on any atom is 0.231 e. The van der Waals surface area contributed by atoms with Gasteiger partial charge in [0.2, 0.25) is 5.95 Å². The maximum absolute atomic E-state index is 5.61. The molecule has 1 heterocycles. The van der Waals surface area contributed by atoms with E-state index in [2.05, 4.69) is 28.3 Å². The minimum absolute atomic E-state index is 0.373. The second-order valence-electron chi connectivity index (χ2n) is 10.8. The molecule has 3 aromatic carbocycles. The summed E-state index contributed by atoms with van der Waals surface area (Å²) in [4.78, 5) is 9.47. The zero-order chi connectivity index (χ0) is 30.5. The topological polar surface area (TPSA) is 114 Å². The van der Waals surface area contributed by atoms with Crippen LogP contribution in [0.15, 0.2) is 70.9 Å². The second kappa shape index (κ2) is 13.0. The summed E-state index contributed by atoms with van der Waals surface area (Å²) < 4.78 is 16.8. The van der Waals surface area contributed by atoms with Crippen LogP contribution in [0.3, 0.4) is 0 Å². The average Bonchev–Trinajstić information content (AvgIpc) is 3.05. The van der Waals surface area contributed by atoms with Crippen LogP contribution >= 0.6 is 0 Å². The summed E-state index contributed by atoms with van der Waals surface area (Å²) in [6.07, 6.45) is 5.61. The standard InChI is InChI=1S/C34H37N7O3/c1-21-17-18-31(44-4)28(19-21)35-34-36-32(40-38-26-13-5-11-24-22(26)9-7-15-29(24)42-2)20-33(37-34)41-39-27-14-6-12-25-23(27)10-8-16-30(25)43-3/h7-10,15-20H,5-6,11-14H2,1-4H3,(H3,35,36,37,40,41). The Morgan fingerprint density at radius 2 is 1.18 bits per heavy atom. The molecule has 0 atom stereocenters. The van der Waals surface area contributed by atoms with Crippen LogP contribution in [0.4, 0.5) is 23.3 Å². The fourth-order valence-corrected chi connectivity index (χ4v) is 5.84. The molecule has 2 aliphatic rings. The van der Waals surface area contributed by atoms with E-state index in [0.29, 0.717) is 23.3 Å². The molecule has 0 bridgehead atoms. The van der Waals surface area contributed by atoms with Gasteiger partial charge in [-0.25, -0.2) is 0 Å². The van der Waals surface area contributed by atoms with Gasteiger partial charge in [-0.2, -0.15) is 20.2 Å². The second-order valence-corrected chi connectivity index (χ2v) is 10.8. The first-order valence-electron chi connectivity index (χ1n) is 14.8. The summed E-state index contributed by atoms with van der Waals surface area (Å²) in [5.41, 5.74) is 14.7. The number of anilines is 4. The molecule has 0 fully saturated rings. The molecule has 0 radical (unpaired) electrons. The van der Waals surface area contributed by atoms with Crippen LogP contribution in [0.5, 0.6) is 17.2 Å². The molecule has 0 saturated carbocycles. The van der Waals surface area contributed by atoms with E-state index in [9.17, 15) is 0 Å². The fourth-order valence-electron chi connectivity index (χ4n) is 5.84. The molecule has 0 amide bonds. The number of hydrogen-bond donors (Lipinski definition) is 3. The largest absolute Gasteiger partial charge is 0.496 e. The van der Waals surface area contributed by atoms with Gasteiger partial charge in [0, 0.05) is 28.3 Å². The Morgan fingerprint density at radius 3 is 1.70 bits per heavy atom. The Bertz CT molecular complexity index is 1640. The number of aryl methyl sites for hydroxylation is 1. The Morgan fingerprint density at radius 1 is 0.636 bits per heavy atom. The number of nitrogens with zero attached hydrogens (tertiary/aromatic N) is 4. The molecular weight excluding hydrogens is 554 g/mol. The Kier molecular flexibility index (Phi) is 8.58. The first-order chi connectivity index (χ1) is 21.6. The van der Waals surface area contributed by atoms with Crippen molar-refractivity contribution in [1.29, 1.82) is 0 Å². The first kappa shape index (κ1) is 29.0. The highest BCUT2D eigenvalue weighted by Gasteiger charge is 2.21. The van der Waals surface area contributed by atoms with Crippen molar-refractivity contribution in [1.82, 2.24) is 9.97 Å². The monoisotopic (exact) mass is 591 g/mol. The van der Waals surface area contributed by atoms with Gasteiger partial charge in [-0.3, -0.25) is 10.9 Å². The van der Waals surface area contributed by atoms with Gasteiger partial charge in [0.1, 0.15) is 17.2 Å². The Labute approximate surface area is 257 Å². The molecule has 0 saturated heterocycles. The lowest BCUT2D eigenvalue weighted by molar-refractivity contribution is 0.408. The van der Waals surface area contributed by atoms with Gasteiger partial charge in [-0.05, 0) is 75.3 Å². The van der Waals surface area contributed by atoms with Crippen molar-refractivity contribution < 1.29 is 14.2 Å². The number of aromatic nitrogens is 2. The van der Waals surface area contributed by atoms with Gasteiger partial charge in [-0.1, -0.05) is 30.3 Å². The van der Waals surface area contributed by atoms with Crippen molar-refractivity contribution in [2.75, 3.05) is 37.5 Å². The normalized spacial score (nSPS) is 15.7. The minimum atomic E-state index is 0.373. The van der Waals surface area contributed by atoms with E-state index in [1.807, 2.05) is 49.4 Å². The summed E-state index contributed by atoms with van der Waals surface area (Å²) in [6.45, 7) is 2.02. The zero-order valence-electron chi connectivity index (χ0n) is 25.5. The third kappa shape index (κ3) is 6.15. The van der Waals surface area contributed by atoms with Crippen molar-refractivity contribution in [3.05, 3.63) is 88.5 Å². The molecule has 3 N–H and O–H groups in total. The van der Waals surface area contributed by atoms with Crippen LogP contribution in [0.2, 0.25) is 0 Å². The van der Waals surface area contributed by atoms with E-state index < -0.39 is 0 Å². The number of nitrogens with one attached hydrogen (secondary N) is 3. The van der Waals surface area contributed by atoms with E-state index in [0.717, 1.165) is 83.8 Å². The molecule has 0 aliphatic heterocycles. The molecule has 44 heavy (non-hydrogen) atoms. The van der Waals surface area contributed by atoms with Crippen LogP contribution in [0.1, 0.15) is 53.5 Å². The molecule has 10 heteroatoms. The van der Waals surface area contributed by atoms with E-state index >= 15 is 0 Å². The van der Waals surface area contributed by atoms with E-state index in [1.165, 1.54) is 11.1 Å². The van der Waals surface area contributed by atoms with Crippen molar-refractivity contribution in [2.45, 2.75) is 45.4 Å². The van der Waals surface area contributed by atoms with Gasteiger partial charge in [-0.15, -0.1) is 0 Å². The van der Waals surface area contributed by atoms with E-state index in [1.54, 1.807) is 27.4 Å². The molecule has 4 aromatic rings. The molecule has 6 rings (SSSR count). The van der Waals surface area contributed by atoms with Gasteiger partial charge in [0.15, 0.2) is 11.6 Å². The lowest BCUT2D eigenvalue weighted by Gasteiger charge is -2.20. The number of hydrogen-bond acceptors (Lipinski definition) is 10. The smallest absolute Gasteiger partial charge is 0.231 e. The predicted molar refractivity (Wildman–Crippen MR) is 175 cm³/mol. The van der Waals surface area contributed by atoms with Crippen molar-refractivity contribution >= 4 is 34.7 Å². The summed E-state index contributed by atoms with van der Waals surface area (Å²) >= 11 is 0. The summed E-state index contributed by atoms with van der Waals surface area (Å²) in [6, 6.07) is 19.9. The van der Waals surface area contributed by atoms with Crippen LogP contribution in [-0.4, -0.2) is 42.7 Å². The molecule has 1 aromatic heterocycles. The van der Waals surface area contributed by atoms with Crippen LogP contribution in [0, 0.1) is 6.92 Å². The predicted octanol–water partition coefficient (Wildman–Crippen LogP) is 6.86. The summed E-state index contributed by atoms with van der Waals surface area (Å²) in [5, 5.41) is 12.9. The molecule has 0 spiro atoms. The van der Waals surface area contributed by atoms with Gasteiger partial charge in [0.05, 0.1) is 38.4 Å². The highest BCUT2D eigenvalue weighted by Crippen LogP contribution is 2.32. The minimum Gasteiger partial charge on any atom is -0.496 e. The molecule has 0 unspecified atom stereocenters. The Balaban J connectivity index is 1.34. The number of fused-ring (bicyclic) bond motifs is 2. The average molecular weight is 592 g/mol. The van der Waals surface area contributed by atoms with Gasteiger partial charge >= 0.3 is 0 Å². The van der Waals surface area contributed by atoms with Gasteiger partial charge < -0.3 is 19.5 Å². The number of methoxy groups -OCH3 is 3. The number of ether oxygens (including phenoxy) is 3. The Hall–Kier alpha value is -5.12. The molecule has 226 valence electrons. The van der Waals surface area contributed by atoms with Crippen molar-refractivity contribution in [2.24, 2.45) is 10.2 Å². The van der Waals surface area contributed by atoms with Crippen LogP contribution in [-0.2, 0) is 12.8 Å². The lowest BCUT2D eigenvalue weighted by Crippen LogP contribution is -2.15. The van der Waals surface area contributed by atoms with Gasteiger partial charge in [0.25, 0.3) is 0 Å².